The highest BCUT2D eigenvalue weighted by Gasteiger charge is 2.24. The van der Waals surface area contributed by atoms with Crippen LogP contribution in [0.3, 0.4) is 0 Å². The molecule has 30 heavy (non-hydrogen) atoms. The maximum absolute atomic E-state index is 12.2. The van der Waals surface area contributed by atoms with Gasteiger partial charge in [-0.25, -0.2) is 13.4 Å². The summed E-state index contributed by atoms with van der Waals surface area (Å²) in [7, 11) is -1.47. The summed E-state index contributed by atoms with van der Waals surface area (Å²) in [5.74, 6) is 0.741. The van der Waals surface area contributed by atoms with Crippen LogP contribution in [0.5, 0.6) is 0 Å². The molecule has 1 atom stereocenters. The van der Waals surface area contributed by atoms with E-state index in [0.29, 0.717) is 19.6 Å². The van der Waals surface area contributed by atoms with Gasteiger partial charge in [-0.15, -0.1) is 0 Å². The van der Waals surface area contributed by atoms with E-state index in [-0.39, 0.29) is 11.3 Å². The second-order valence-electron chi connectivity index (χ2n) is 7.77. The van der Waals surface area contributed by atoms with Gasteiger partial charge in [-0.05, 0) is 19.9 Å². The Bertz CT molecular complexity index is 1090. The lowest BCUT2D eigenvalue weighted by Crippen LogP contribution is -2.24. The summed E-state index contributed by atoms with van der Waals surface area (Å²) in [4.78, 5) is 6.24. The minimum atomic E-state index is -3.43. The molecule has 0 saturated carbocycles. The lowest BCUT2D eigenvalue weighted by atomic mass is 10.1. The van der Waals surface area contributed by atoms with Crippen molar-refractivity contribution in [2.75, 3.05) is 19.9 Å². The largest absolute Gasteiger partial charge is 0.376 e. The maximum Gasteiger partial charge on any atom is 0.227 e. The van der Waals surface area contributed by atoms with Crippen LogP contribution in [0.2, 0.25) is 0 Å². The number of benzene rings is 1. The number of hydrogen-bond donors (Lipinski definition) is 0. The van der Waals surface area contributed by atoms with Crippen LogP contribution in [-0.2, 0) is 34.2 Å². The summed E-state index contributed by atoms with van der Waals surface area (Å²) < 4.78 is 37.4. The molecule has 3 aromatic rings. The molecule has 1 fully saturated rings. The molecular formula is C21H26N4O4S. The summed E-state index contributed by atoms with van der Waals surface area (Å²) in [5.41, 5.74) is 2.63. The number of hydrogen-bond acceptors (Lipinski definition) is 7. The number of imidazole rings is 1. The van der Waals surface area contributed by atoms with Crippen molar-refractivity contribution in [1.82, 2.24) is 19.6 Å². The molecule has 1 aromatic carbocycles. The zero-order valence-corrected chi connectivity index (χ0v) is 18.0. The van der Waals surface area contributed by atoms with Crippen molar-refractivity contribution >= 4 is 9.84 Å². The third-order valence-corrected chi connectivity index (χ3v) is 6.12. The van der Waals surface area contributed by atoms with Gasteiger partial charge in [0.15, 0.2) is 5.76 Å². The van der Waals surface area contributed by atoms with E-state index in [0.717, 1.165) is 42.2 Å². The predicted molar refractivity (Wildman–Crippen MR) is 111 cm³/mol. The normalized spacial score (nSPS) is 17.1. The van der Waals surface area contributed by atoms with Crippen molar-refractivity contribution in [2.45, 2.75) is 43.7 Å². The van der Waals surface area contributed by atoms with E-state index in [1.54, 1.807) is 10.8 Å². The standard InChI is InChI=1S/C21H26N4O4S/c1-24(14-19-11-20(23-29-19)16-7-4-3-5-8-16)13-17-12-22-21(30(2,26)27)25(17)15-18-9-6-10-28-18/h3-5,7-8,11-12,18H,6,9-10,13-15H2,1-2H3. The molecule has 160 valence electrons. The van der Waals surface area contributed by atoms with Crippen molar-refractivity contribution < 1.29 is 17.7 Å². The molecule has 0 bridgehead atoms. The van der Waals surface area contributed by atoms with Gasteiger partial charge in [0.1, 0.15) is 5.69 Å². The van der Waals surface area contributed by atoms with E-state index < -0.39 is 9.84 Å². The SMILES string of the molecule is CN(Cc1cc(-c2ccccc2)no1)Cc1cnc(S(C)(=O)=O)n1CC1CCCO1. The molecule has 1 aliphatic rings. The van der Waals surface area contributed by atoms with E-state index in [2.05, 4.69) is 10.1 Å². The van der Waals surface area contributed by atoms with Crippen LogP contribution in [0.4, 0.5) is 0 Å². The van der Waals surface area contributed by atoms with Gasteiger partial charge >= 0.3 is 0 Å². The van der Waals surface area contributed by atoms with Crippen LogP contribution >= 0.6 is 0 Å². The summed E-state index contributed by atoms with van der Waals surface area (Å²) in [6.07, 6.45) is 4.77. The number of rotatable bonds is 8. The second kappa shape index (κ2) is 8.71. The van der Waals surface area contributed by atoms with Crippen LogP contribution in [0.1, 0.15) is 24.3 Å². The first-order valence-corrected chi connectivity index (χ1v) is 11.8. The highest BCUT2D eigenvalue weighted by molar-refractivity contribution is 7.90. The first-order valence-electron chi connectivity index (χ1n) is 9.96. The predicted octanol–water partition coefficient (Wildman–Crippen LogP) is 2.75. The fraction of sp³-hybridized carbons (Fsp3) is 0.429. The third kappa shape index (κ3) is 4.80. The quantitative estimate of drug-likeness (QED) is 0.543. The van der Waals surface area contributed by atoms with E-state index in [9.17, 15) is 8.42 Å². The molecule has 0 radical (unpaired) electrons. The Morgan fingerprint density at radius 2 is 2.03 bits per heavy atom. The Balaban J connectivity index is 1.48. The van der Waals surface area contributed by atoms with Crippen molar-refractivity contribution in [2.24, 2.45) is 0 Å². The van der Waals surface area contributed by atoms with E-state index in [1.807, 2.05) is 48.3 Å². The smallest absolute Gasteiger partial charge is 0.227 e. The second-order valence-corrected chi connectivity index (χ2v) is 9.68. The molecule has 9 heteroatoms. The first-order chi connectivity index (χ1) is 14.4. The van der Waals surface area contributed by atoms with Gasteiger partial charge in [-0.2, -0.15) is 0 Å². The molecule has 0 spiro atoms. The molecule has 0 amide bonds. The number of nitrogens with zero attached hydrogens (tertiary/aromatic N) is 4. The molecule has 0 aliphatic carbocycles. The Morgan fingerprint density at radius 3 is 2.73 bits per heavy atom. The molecule has 8 nitrogen and oxygen atoms in total. The zero-order chi connectivity index (χ0) is 21.1. The Hall–Kier alpha value is -2.49. The first kappa shape index (κ1) is 20.8. The fourth-order valence-corrected chi connectivity index (χ4v) is 4.57. The minimum absolute atomic E-state index is 0.0199. The summed E-state index contributed by atoms with van der Waals surface area (Å²) in [6.45, 7) is 2.28. The number of sulfone groups is 1. The van der Waals surface area contributed by atoms with E-state index in [1.165, 1.54) is 6.26 Å². The topological polar surface area (TPSA) is 90.5 Å². The minimum Gasteiger partial charge on any atom is -0.376 e. The van der Waals surface area contributed by atoms with Crippen LogP contribution in [0, 0.1) is 0 Å². The fourth-order valence-electron chi connectivity index (χ4n) is 3.73. The number of aromatic nitrogens is 3. The van der Waals surface area contributed by atoms with Gasteiger partial charge in [0.25, 0.3) is 0 Å². The highest BCUT2D eigenvalue weighted by Crippen LogP contribution is 2.22. The van der Waals surface area contributed by atoms with Gasteiger partial charge < -0.3 is 13.8 Å². The van der Waals surface area contributed by atoms with Crippen molar-refractivity contribution in [3.8, 4) is 11.3 Å². The molecular weight excluding hydrogens is 404 g/mol. The summed E-state index contributed by atoms with van der Waals surface area (Å²) in [6, 6.07) is 11.8. The average molecular weight is 431 g/mol. The summed E-state index contributed by atoms with van der Waals surface area (Å²) in [5, 5.41) is 4.24. The molecule has 2 aromatic heterocycles. The lowest BCUT2D eigenvalue weighted by Gasteiger charge is -2.19. The van der Waals surface area contributed by atoms with E-state index in [4.69, 9.17) is 9.26 Å². The molecule has 1 unspecified atom stereocenters. The Morgan fingerprint density at radius 1 is 1.23 bits per heavy atom. The summed E-state index contributed by atoms with van der Waals surface area (Å²) >= 11 is 0. The lowest BCUT2D eigenvalue weighted by molar-refractivity contribution is 0.0933. The maximum atomic E-state index is 12.2. The van der Waals surface area contributed by atoms with Gasteiger partial charge in [-0.1, -0.05) is 35.5 Å². The van der Waals surface area contributed by atoms with Gasteiger partial charge in [-0.3, -0.25) is 4.90 Å². The third-order valence-electron chi connectivity index (χ3n) is 5.13. The Labute approximate surface area is 176 Å². The molecule has 1 saturated heterocycles. The molecule has 4 rings (SSSR count). The van der Waals surface area contributed by atoms with E-state index >= 15 is 0 Å². The van der Waals surface area contributed by atoms with Crippen LogP contribution in [0.15, 0.2) is 52.3 Å². The van der Waals surface area contributed by atoms with Crippen molar-refractivity contribution in [3.63, 3.8) is 0 Å². The van der Waals surface area contributed by atoms with Gasteiger partial charge in [0, 0.05) is 31.0 Å². The number of ether oxygens (including phenoxy) is 1. The van der Waals surface area contributed by atoms with Gasteiger partial charge in [0.05, 0.1) is 31.1 Å². The van der Waals surface area contributed by atoms with Crippen LogP contribution < -0.4 is 0 Å². The van der Waals surface area contributed by atoms with Crippen molar-refractivity contribution in [3.05, 3.63) is 54.0 Å². The molecule has 0 N–H and O–H groups in total. The highest BCUT2D eigenvalue weighted by atomic mass is 32.2. The van der Waals surface area contributed by atoms with Gasteiger partial charge in [0.2, 0.25) is 15.0 Å². The van der Waals surface area contributed by atoms with Crippen LogP contribution in [-0.4, -0.2) is 54.0 Å². The Kier molecular flexibility index (Phi) is 6.03. The van der Waals surface area contributed by atoms with Crippen LogP contribution in [0.25, 0.3) is 11.3 Å². The molecule has 1 aliphatic heterocycles. The zero-order valence-electron chi connectivity index (χ0n) is 17.2. The average Bonchev–Trinajstić information content (AvgIpc) is 3.45. The monoisotopic (exact) mass is 430 g/mol. The van der Waals surface area contributed by atoms with Crippen molar-refractivity contribution in [1.29, 1.82) is 0 Å². The molecule has 3 heterocycles.